The van der Waals surface area contributed by atoms with Crippen LogP contribution in [0.5, 0.6) is 11.5 Å². The van der Waals surface area contributed by atoms with Crippen molar-refractivity contribution in [1.29, 1.82) is 0 Å². The summed E-state index contributed by atoms with van der Waals surface area (Å²) in [6.07, 6.45) is 0. The van der Waals surface area contributed by atoms with Gasteiger partial charge in [-0.2, -0.15) is 0 Å². The summed E-state index contributed by atoms with van der Waals surface area (Å²) in [5, 5.41) is 12.5. The monoisotopic (exact) mass is 385 g/mol. The summed E-state index contributed by atoms with van der Waals surface area (Å²) in [7, 11) is 3.05. The molecule has 0 fully saturated rings. The molecule has 0 aliphatic heterocycles. The lowest BCUT2D eigenvalue weighted by molar-refractivity contribution is 0.102. The number of carbonyl (C=O) groups is 1. The average molecular weight is 386 g/mol. The maximum atomic E-state index is 12.6. The van der Waals surface area contributed by atoms with Crippen molar-refractivity contribution in [1.82, 2.24) is 5.32 Å². The molecule has 5 nitrogen and oxygen atoms in total. The molecule has 0 bridgehead atoms. The number of rotatable bonds is 9. The van der Waals surface area contributed by atoms with Crippen LogP contribution >= 0.6 is 15.9 Å². The highest BCUT2D eigenvalue weighted by atomic mass is 79.9. The molecule has 23 heavy (non-hydrogen) atoms. The molecule has 0 radical (unpaired) electrons. The molecule has 0 spiro atoms. The van der Waals surface area contributed by atoms with Crippen LogP contribution in [0.25, 0.3) is 0 Å². The summed E-state index contributed by atoms with van der Waals surface area (Å²) in [5.41, 5.74) is 0.816. The standard InChI is InChI=1S/C17H24BrNO4/c1-10(2)14(9-20)19-8-11(3)17(21)12-6-13(18)16(23-5)7-15(12)22-4/h6-7,10,14,19-20H,3,8-9H2,1-2,4-5H3/t14-/m1/s1. The van der Waals surface area contributed by atoms with Gasteiger partial charge in [0.25, 0.3) is 0 Å². The Morgan fingerprint density at radius 2 is 1.91 bits per heavy atom. The Morgan fingerprint density at radius 3 is 2.39 bits per heavy atom. The van der Waals surface area contributed by atoms with Crippen molar-refractivity contribution in [2.24, 2.45) is 5.92 Å². The molecule has 0 amide bonds. The second-order valence-electron chi connectivity index (χ2n) is 5.53. The minimum absolute atomic E-state index is 0.0105. The van der Waals surface area contributed by atoms with E-state index in [1.54, 1.807) is 19.2 Å². The second-order valence-corrected chi connectivity index (χ2v) is 6.39. The minimum atomic E-state index is -0.210. The van der Waals surface area contributed by atoms with Gasteiger partial charge >= 0.3 is 0 Å². The highest BCUT2D eigenvalue weighted by molar-refractivity contribution is 9.10. The number of aliphatic hydroxyl groups is 1. The van der Waals surface area contributed by atoms with Crippen molar-refractivity contribution >= 4 is 21.7 Å². The number of methoxy groups -OCH3 is 2. The van der Waals surface area contributed by atoms with E-state index in [1.165, 1.54) is 7.11 Å². The van der Waals surface area contributed by atoms with Crippen LogP contribution in [0.15, 0.2) is 28.8 Å². The summed E-state index contributed by atoms with van der Waals surface area (Å²) in [4.78, 5) is 12.6. The third kappa shape index (κ3) is 5.06. The Morgan fingerprint density at radius 1 is 1.30 bits per heavy atom. The number of benzene rings is 1. The van der Waals surface area contributed by atoms with Gasteiger partial charge < -0.3 is 19.9 Å². The highest BCUT2D eigenvalue weighted by Gasteiger charge is 2.20. The molecule has 0 aliphatic carbocycles. The van der Waals surface area contributed by atoms with Crippen LogP contribution in [-0.2, 0) is 0 Å². The van der Waals surface area contributed by atoms with Crippen molar-refractivity contribution in [3.63, 3.8) is 0 Å². The number of ether oxygens (including phenoxy) is 2. The lowest BCUT2D eigenvalue weighted by Crippen LogP contribution is -2.38. The molecule has 0 heterocycles. The van der Waals surface area contributed by atoms with Gasteiger partial charge in [-0.15, -0.1) is 0 Å². The molecule has 2 N–H and O–H groups in total. The first-order chi connectivity index (χ1) is 10.8. The zero-order chi connectivity index (χ0) is 17.6. The first-order valence-corrected chi connectivity index (χ1v) is 8.13. The topological polar surface area (TPSA) is 67.8 Å². The molecule has 6 heteroatoms. The summed E-state index contributed by atoms with van der Waals surface area (Å²) in [6.45, 7) is 8.16. The number of halogens is 1. The number of hydrogen-bond donors (Lipinski definition) is 2. The van der Waals surface area contributed by atoms with E-state index in [0.717, 1.165) is 0 Å². The average Bonchev–Trinajstić information content (AvgIpc) is 2.53. The van der Waals surface area contributed by atoms with E-state index in [-0.39, 0.29) is 24.3 Å². The summed E-state index contributed by atoms with van der Waals surface area (Å²) < 4.78 is 11.1. The van der Waals surface area contributed by atoms with E-state index in [9.17, 15) is 9.90 Å². The lowest BCUT2D eigenvalue weighted by Gasteiger charge is -2.20. The van der Waals surface area contributed by atoms with Crippen molar-refractivity contribution in [3.8, 4) is 11.5 Å². The van der Waals surface area contributed by atoms with Crippen LogP contribution in [-0.4, -0.2) is 44.3 Å². The molecule has 128 valence electrons. The normalized spacial score (nSPS) is 12.1. The minimum Gasteiger partial charge on any atom is -0.496 e. The van der Waals surface area contributed by atoms with Gasteiger partial charge in [0.1, 0.15) is 11.5 Å². The largest absolute Gasteiger partial charge is 0.496 e. The maximum Gasteiger partial charge on any atom is 0.193 e. The van der Waals surface area contributed by atoms with Gasteiger partial charge in [0.15, 0.2) is 5.78 Å². The number of Topliss-reactive ketones (excluding diaryl/α,β-unsaturated/α-hetero) is 1. The van der Waals surface area contributed by atoms with Gasteiger partial charge in [0.05, 0.1) is 30.9 Å². The Hall–Kier alpha value is -1.37. The maximum absolute atomic E-state index is 12.6. The summed E-state index contributed by atoms with van der Waals surface area (Å²) >= 11 is 3.37. The van der Waals surface area contributed by atoms with Gasteiger partial charge in [-0.3, -0.25) is 4.79 Å². The van der Waals surface area contributed by atoms with Gasteiger partial charge in [-0.05, 0) is 27.9 Å². The Balaban J connectivity index is 2.92. The lowest BCUT2D eigenvalue weighted by atomic mass is 10.0. The van der Waals surface area contributed by atoms with Gasteiger partial charge in [0.2, 0.25) is 0 Å². The van der Waals surface area contributed by atoms with Crippen LogP contribution in [0.2, 0.25) is 0 Å². The van der Waals surface area contributed by atoms with E-state index >= 15 is 0 Å². The Kier molecular flexibility index (Phi) is 7.75. The van der Waals surface area contributed by atoms with Crippen LogP contribution < -0.4 is 14.8 Å². The fraction of sp³-hybridized carbons (Fsp3) is 0.471. The van der Waals surface area contributed by atoms with Crippen LogP contribution in [0.1, 0.15) is 24.2 Å². The quantitative estimate of drug-likeness (QED) is 0.505. The van der Waals surface area contributed by atoms with Crippen LogP contribution in [0, 0.1) is 5.92 Å². The third-order valence-corrected chi connectivity index (χ3v) is 4.24. The molecule has 0 saturated heterocycles. The Bertz CT molecular complexity index is 572. The fourth-order valence-electron chi connectivity index (χ4n) is 2.07. The van der Waals surface area contributed by atoms with Crippen LogP contribution in [0.4, 0.5) is 0 Å². The molecule has 1 rings (SSSR count). The highest BCUT2D eigenvalue weighted by Crippen LogP contribution is 2.33. The first kappa shape index (κ1) is 19.7. The number of nitrogens with one attached hydrogen (secondary N) is 1. The molecule has 1 aromatic carbocycles. The molecule has 0 aromatic heterocycles. The van der Waals surface area contributed by atoms with E-state index in [1.807, 2.05) is 13.8 Å². The third-order valence-electron chi connectivity index (χ3n) is 3.62. The molecule has 0 aliphatic rings. The molecule has 0 saturated carbocycles. The zero-order valence-electron chi connectivity index (χ0n) is 14.0. The Labute approximate surface area is 145 Å². The van der Waals surface area contributed by atoms with Crippen molar-refractivity contribution in [3.05, 3.63) is 34.3 Å². The predicted molar refractivity (Wildman–Crippen MR) is 94.4 cm³/mol. The van der Waals surface area contributed by atoms with E-state index in [2.05, 4.69) is 27.8 Å². The number of aliphatic hydroxyl groups excluding tert-OH is 1. The van der Waals surface area contributed by atoms with Crippen molar-refractivity contribution in [2.75, 3.05) is 27.4 Å². The van der Waals surface area contributed by atoms with Gasteiger partial charge in [0, 0.05) is 24.2 Å². The van der Waals surface area contributed by atoms with E-state index < -0.39 is 0 Å². The van der Waals surface area contributed by atoms with Crippen molar-refractivity contribution < 1.29 is 19.4 Å². The fourth-order valence-corrected chi connectivity index (χ4v) is 2.58. The van der Waals surface area contributed by atoms with Crippen molar-refractivity contribution in [2.45, 2.75) is 19.9 Å². The molecular formula is C17H24BrNO4. The first-order valence-electron chi connectivity index (χ1n) is 7.33. The SMILES string of the molecule is C=C(CN[C@H](CO)C(C)C)C(=O)c1cc(Br)c(OC)cc1OC. The van der Waals surface area contributed by atoms with Crippen LogP contribution in [0.3, 0.4) is 0 Å². The summed E-state index contributed by atoms with van der Waals surface area (Å²) in [6, 6.07) is 3.24. The van der Waals surface area contributed by atoms with Gasteiger partial charge in [-0.25, -0.2) is 0 Å². The smallest absolute Gasteiger partial charge is 0.193 e. The predicted octanol–water partition coefficient (Wildman–Crippen LogP) is 2.81. The number of hydrogen-bond acceptors (Lipinski definition) is 5. The molecule has 0 unspecified atom stereocenters. The molecular weight excluding hydrogens is 362 g/mol. The summed E-state index contributed by atoms with van der Waals surface area (Å²) in [5.74, 6) is 1.06. The zero-order valence-corrected chi connectivity index (χ0v) is 15.6. The molecule has 1 atom stereocenters. The van der Waals surface area contributed by atoms with E-state index in [0.29, 0.717) is 33.7 Å². The second kappa shape index (κ2) is 9.05. The van der Waals surface area contributed by atoms with E-state index in [4.69, 9.17) is 9.47 Å². The van der Waals surface area contributed by atoms with Gasteiger partial charge in [-0.1, -0.05) is 20.4 Å². The number of carbonyl (C=O) groups excluding carboxylic acids is 1. The molecule has 1 aromatic rings. The number of ketones is 1.